The number of rotatable bonds is 7. The number of fused-ring (bicyclic) bond motifs is 8. The highest BCUT2D eigenvalue weighted by molar-refractivity contribution is 6.23. The number of para-hydroxylation sites is 3. The van der Waals surface area contributed by atoms with Crippen LogP contribution in [0.3, 0.4) is 0 Å². The van der Waals surface area contributed by atoms with Crippen molar-refractivity contribution in [2.75, 3.05) is 0 Å². The van der Waals surface area contributed by atoms with E-state index in [9.17, 15) is 0 Å². The Morgan fingerprint density at radius 2 is 0.848 bits per heavy atom. The molecule has 0 aliphatic rings. The summed E-state index contributed by atoms with van der Waals surface area (Å²) in [5.74, 6) is 2.51. The normalized spacial score (nSPS) is 11.7. The van der Waals surface area contributed by atoms with E-state index in [1.54, 1.807) is 0 Å². The summed E-state index contributed by atoms with van der Waals surface area (Å²) in [5, 5.41) is 4.76. The van der Waals surface area contributed by atoms with Crippen molar-refractivity contribution in [2.45, 2.75) is 6.92 Å². The quantitative estimate of drug-likeness (QED) is 0.160. The molecule has 0 fully saturated rings. The van der Waals surface area contributed by atoms with Gasteiger partial charge in [-0.1, -0.05) is 146 Å². The predicted molar refractivity (Wildman–Crippen MR) is 268 cm³/mol. The maximum atomic E-state index is 6.50. The number of hydrogen-bond donors (Lipinski definition) is 0. The van der Waals surface area contributed by atoms with Crippen molar-refractivity contribution in [3.05, 3.63) is 218 Å². The molecule has 13 aromatic rings. The summed E-state index contributed by atoms with van der Waals surface area (Å²) in [4.78, 5) is 19.8. The van der Waals surface area contributed by atoms with E-state index < -0.39 is 0 Å². The lowest BCUT2D eigenvalue weighted by atomic mass is 9.99. The minimum absolute atomic E-state index is 0.617. The molecule has 4 aromatic heterocycles. The van der Waals surface area contributed by atoms with E-state index in [-0.39, 0.29) is 0 Å². The van der Waals surface area contributed by atoms with Gasteiger partial charge in [-0.05, 0) is 84.8 Å². The topological polar surface area (TPSA) is 74.6 Å². The first-order chi connectivity index (χ1) is 32.6. The standard InChI is InChI=1S/C59H38N6O/c1-37-36-43(32-33-44(37)49-24-15-25-50-55(49)66-59(60-50)41-20-9-4-10-21-41)65-52-27-14-12-23-46(52)48-35-34-47-45-22-11-13-26-51(45)64(53(47)54(48)65)42-30-28-40(29-31-42)58-62-56(38-16-5-2-6-17-38)61-57(63-58)39-18-7-3-8-19-39/h2-36H,1H3. The summed E-state index contributed by atoms with van der Waals surface area (Å²) in [6.45, 7) is 2.19. The molecular weight excluding hydrogens is 809 g/mol. The Hall–Kier alpha value is -8.94. The van der Waals surface area contributed by atoms with Crippen molar-refractivity contribution >= 4 is 54.7 Å². The van der Waals surface area contributed by atoms with Gasteiger partial charge in [-0.2, -0.15) is 0 Å². The lowest BCUT2D eigenvalue weighted by Crippen LogP contribution is -2.01. The number of oxazole rings is 1. The summed E-state index contributed by atoms with van der Waals surface area (Å²) >= 11 is 0. The molecule has 0 saturated carbocycles. The molecule has 13 rings (SSSR count). The van der Waals surface area contributed by atoms with Crippen LogP contribution in [0.25, 0.3) is 123 Å². The molecule has 0 bridgehead atoms. The molecule has 4 heterocycles. The van der Waals surface area contributed by atoms with Crippen molar-refractivity contribution in [3.8, 4) is 68.1 Å². The van der Waals surface area contributed by atoms with E-state index in [2.05, 4.69) is 131 Å². The molecule has 7 nitrogen and oxygen atoms in total. The van der Waals surface area contributed by atoms with Crippen molar-refractivity contribution in [1.82, 2.24) is 29.1 Å². The summed E-state index contributed by atoms with van der Waals surface area (Å²) in [5.41, 5.74) is 15.3. The molecule has 9 aromatic carbocycles. The maximum absolute atomic E-state index is 6.50. The van der Waals surface area contributed by atoms with Gasteiger partial charge in [0, 0.05) is 60.7 Å². The van der Waals surface area contributed by atoms with Crippen molar-refractivity contribution < 1.29 is 4.42 Å². The van der Waals surface area contributed by atoms with Crippen LogP contribution in [0.1, 0.15) is 5.56 Å². The zero-order valence-corrected chi connectivity index (χ0v) is 35.8. The number of aryl methyl sites for hydroxylation is 1. The average Bonchev–Trinajstić information content (AvgIpc) is 4.08. The Bertz CT molecular complexity index is 3920. The number of benzene rings is 9. The summed E-state index contributed by atoms with van der Waals surface area (Å²) in [7, 11) is 0. The SMILES string of the molecule is Cc1cc(-n2c3ccccc3c3ccc4c5ccccc5n(-c5ccc(-c6nc(-c7ccccc7)nc(-c7ccccc7)n6)cc5)c4c32)ccc1-c1cccc2nc(-c3ccccc3)oc12. The minimum atomic E-state index is 0.617. The van der Waals surface area contributed by atoms with Crippen LogP contribution in [-0.2, 0) is 0 Å². The highest BCUT2D eigenvalue weighted by Crippen LogP contribution is 2.43. The maximum Gasteiger partial charge on any atom is 0.227 e. The van der Waals surface area contributed by atoms with Crippen LogP contribution >= 0.6 is 0 Å². The van der Waals surface area contributed by atoms with Gasteiger partial charge < -0.3 is 13.6 Å². The zero-order chi connectivity index (χ0) is 43.7. The van der Waals surface area contributed by atoms with Crippen LogP contribution in [0, 0.1) is 6.92 Å². The molecule has 0 saturated heterocycles. The lowest BCUT2D eigenvalue weighted by molar-refractivity contribution is 0.621. The Balaban J connectivity index is 0.986. The number of nitrogens with zero attached hydrogens (tertiary/aromatic N) is 6. The fourth-order valence-electron chi connectivity index (χ4n) is 9.69. The van der Waals surface area contributed by atoms with Crippen molar-refractivity contribution in [2.24, 2.45) is 0 Å². The molecule has 0 unspecified atom stereocenters. The van der Waals surface area contributed by atoms with E-state index in [1.807, 2.05) is 97.1 Å². The van der Waals surface area contributed by atoms with Crippen LogP contribution in [0.15, 0.2) is 217 Å². The van der Waals surface area contributed by atoms with E-state index in [0.29, 0.717) is 23.4 Å². The second-order valence-corrected chi connectivity index (χ2v) is 16.7. The molecule has 0 aliphatic carbocycles. The van der Waals surface area contributed by atoms with Crippen molar-refractivity contribution in [1.29, 1.82) is 0 Å². The summed E-state index contributed by atoms with van der Waals surface area (Å²) < 4.78 is 11.4. The molecule has 0 atom stereocenters. The number of aromatic nitrogens is 6. The summed E-state index contributed by atoms with van der Waals surface area (Å²) in [6, 6.07) is 73.9. The Morgan fingerprint density at radius 3 is 1.41 bits per heavy atom. The third-order valence-corrected chi connectivity index (χ3v) is 12.7. The van der Waals surface area contributed by atoms with Gasteiger partial charge in [0.1, 0.15) is 5.52 Å². The molecule has 0 aliphatic heterocycles. The first kappa shape index (κ1) is 37.6. The Kier molecular flexibility index (Phi) is 8.61. The molecule has 0 radical (unpaired) electrons. The van der Waals surface area contributed by atoms with Crippen LogP contribution in [0.2, 0.25) is 0 Å². The molecule has 0 amide bonds. The van der Waals surface area contributed by atoms with Crippen LogP contribution < -0.4 is 0 Å². The van der Waals surface area contributed by atoms with Crippen LogP contribution in [-0.4, -0.2) is 29.1 Å². The van der Waals surface area contributed by atoms with Gasteiger partial charge in [-0.25, -0.2) is 19.9 Å². The largest absolute Gasteiger partial charge is 0.435 e. The molecule has 310 valence electrons. The second-order valence-electron chi connectivity index (χ2n) is 16.7. The third-order valence-electron chi connectivity index (χ3n) is 12.7. The van der Waals surface area contributed by atoms with Crippen LogP contribution in [0.4, 0.5) is 0 Å². The summed E-state index contributed by atoms with van der Waals surface area (Å²) in [6.07, 6.45) is 0. The number of hydrogen-bond acceptors (Lipinski definition) is 5. The van der Waals surface area contributed by atoms with Gasteiger partial charge in [0.05, 0.1) is 22.1 Å². The highest BCUT2D eigenvalue weighted by atomic mass is 16.3. The first-order valence-electron chi connectivity index (χ1n) is 22.1. The highest BCUT2D eigenvalue weighted by Gasteiger charge is 2.23. The van der Waals surface area contributed by atoms with E-state index in [4.69, 9.17) is 24.4 Å². The first-order valence-corrected chi connectivity index (χ1v) is 22.1. The second kappa shape index (κ2) is 15.1. The van der Waals surface area contributed by atoms with E-state index in [1.165, 1.54) is 21.5 Å². The van der Waals surface area contributed by atoms with Gasteiger partial charge in [-0.15, -0.1) is 0 Å². The molecule has 7 heteroatoms. The monoisotopic (exact) mass is 846 g/mol. The fraction of sp³-hybridized carbons (Fsp3) is 0.0169. The Labute approximate surface area is 379 Å². The molecule has 0 N–H and O–H groups in total. The van der Waals surface area contributed by atoms with Gasteiger partial charge in [0.2, 0.25) is 5.89 Å². The lowest BCUT2D eigenvalue weighted by Gasteiger charge is -2.15. The Morgan fingerprint density at radius 1 is 0.364 bits per heavy atom. The fourth-order valence-corrected chi connectivity index (χ4v) is 9.69. The van der Waals surface area contributed by atoms with Gasteiger partial charge >= 0.3 is 0 Å². The third kappa shape index (κ3) is 6.05. The van der Waals surface area contributed by atoms with Gasteiger partial charge in [-0.3, -0.25) is 0 Å². The van der Waals surface area contributed by atoms with Crippen molar-refractivity contribution in [3.63, 3.8) is 0 Å². The average molecular weight is 847 g/mol. The van der Waals surface area contributed by atoms with E-state index in [0.717, 1.165) is 83.5 Å². The predicted octanol–water partition coefficient (Wildman–Crippen LogP) is 14.9. The molecule has 0 spiro atoms. The van der Waals surface area contributed by atoms with Crippen LogP contribution in [0.5, 0.6) is 0 Å². The zero-order valence-electron chi connectivity index (χ0n) is 35.8. The minimum Gasteiger partial charge on any atom is -0.435 e. The van der Waals surface area contributed by atoms with Gasteiger partial charge in [0.25, 0.3) is 0 Å². The van der Waals surface area contributed by atoms with E-state index >= 15 is 0 Å². The van der Waals surface area contributed by atoms with Gasteiger partial charge in [0.15, 0.2) is 23.1 Å². The molecule has 66 heavy (non-hydrogen) atoms. The smallest absolute Gasteiger partial charge is 0.227 e. The molecular formula is C59H38N6O.